The van der Waals surface area contributed by atoms with Gasteiger partial charge < -0.3 is 5.11 Å². The molecule has 2 saturated carbocycles. The molecule has 0 aromatic carbocycles. The number of alkyl halides is 1. The Bertz CT molecular complexity index is 251. The van der Waals surface area contributed by atoms with Crippen molar-refractivity contribution in [2.24, 2.45) is 17.8 Å². The van der Waals surface area contributed by atoms with Crippen LogP contribution >= 0.6 is 15.9 Å². The van der Waals surface area contributed by atoms with Crippen molar-refractivity contribution in [1.82, 2.24) is 0 Å². The summed E-state index contributed by atoms with van der Waals surface area (Å²) in [5.41, 5.74) is 0. The van der Waals surface area contributed by atoms with Gasteiger partial charge in [0.25, 0.3) is 0 Å². The molecule has 2 fully saturated rings. The largest absolute Gasteiger partial charge is 0.481 e. The van der Waals surface area contributed by atoms with Crippen molar-refractivity contribution < 1.29 is 14.7 Å². The fourth-order valence-corrected chi connectivity index (χ4v) is 3.33. The number of Topliss-reactive ketones (excluding diaryl/α,β-unsaturated/α-hetero) is 1. The number of fused-ring (bicyclic) bond motifs is 2. The number of carboxylic acids is 1. The first kappa shape index (κ1) is 8.23. The molecule has 1 N–H and O–H groups in total. The zero-order chi connectivity index (χ0) is 8.88. The molecule has 0 unspecified atom stereocenters. The summed E-state index contributed by atoms with van der Waals surface area (Å²) in [5, 5.41) is 8.86. The number of carbonyl (C=O) groups excluding carboxylic acids is 1. The summed E-state index contributed by atoms with van der Waals surface area (Å²) < 4.78 is 0. The second-order valence-electron chi connectivity index (χ2n) is 3.56. The van der Waals surface area contributed by atoms with E-state index in [2.05, 4.69) is 15.9 Å². The van der Waals surface area contributed by atoms with Crippen LogP contribution in [0.2, 0.25) is 0 Å². The average molecular weight is 233 g/mol. The van der Waals surface area contributed by atoms with Gasteiger partial charge >= 0.3 is 5.97 Å². The van der Waals surface area contributed by atoms with E-state index in [0.29, 0.717) is 12.8 Å². The number of ketones is 1. The second-order valence-corrected chi connectivity index (χ2v) is 4.73. The molecule has 0 aromatic heterocycles. The van der Waals surface area contributed by atoms with E-state index < -0.39 is 11.9 Å². The molecule has 2 aliphatic carbocycles. The van der Waals surface area contributed by atoms with Crippen molar-refractivity contribution >= 4 is 27.7 Å². The van der Waals surface area contributed by atoms with Gasteiger partial charge in [-0.2, -0.15) is 0 Å². The molecule has 2 rings (SSSR count). The topological polar surface area (TPSA) is 54.4 Å². The number of rotatable bonds is 1. The highest BCUT2D eigenvalue weighted by molar-refractivity contribution is 9.09. The Labute approximate surface area is 78.3 Å². The molecule has 4 atom stereocenters. The lowest BCUT2D eigenvalue weighted by molar-refractivity contribution is -0.144. The van der Waals surface area contributed by atoms with Gasteiger partial charge in [-0.1, -0.05) is 15.9 Å². The summed E-state index contributed by atoms with van der Waals surface area (Å²) in [4.78, 5) is 22.2. The maximum absolute atomic E-state index is 11.2. The average Bonchev–Trinajstić information content (AvgIpc) is 2.41. The third kappa shape index (κ3) is 0.937. The molecule has 0 spiro atoms. The number of carbonyl (C=O) groups is 2. The standard InChI is InChI=1S/C8H9BrO3/c9-5-1-4-6(10)2-3(5)7(4)8(11)12/h3-5,7H,1-2H2,(H,11,12)/t3-,4-,5+,7-/m0/s1. The molecule has 0 aromatic rings. The normalized spacial score (nSPS) is 45.2. The quantitative estimate of drug-likeness (QED) is 0.689. The molecule has 0 heterocycles. The monoisotopic (exact) mass is 232 g/mol. The summed E-state index contributed by atoms with van der Waals surface area (Å²) in [6.07, 6.45) is 1.16. The fourth-order valence-electron chi connectivity index (χ4n) is 2.41. The number of carboxylic acid groups (broad SMARTS) is 1. The molecule has 2 aliphatic rings. The van der Waals surface area contributed by atoms with Crippen LogP contribution in [0.1, 0.15) is 12.8 Å². The van der Waals surface area contributed by atoms with Gasteiger partial charge in [0, 0.05) is 17.2 Å². The first-order valence-corrected chi connectivity index (χ1v) is 4.92. The zero-order valence-electron chi connectivity index (χ0n) is 6.37. The molecule has 4 heteroatoms. The van der Waals surface area contributed by atoms with Crippen molar-refractivity contribution in [3.8, 4) is 0 Å². The summed E-state index contributed by atoms with van der Waals surface area (Å²) in [6, 6.07) is 0. The maximum Gasteiger partial charge on any atom is 0.307 e. The van der Waals surface area contributed by atoms with Gasteiger partial charge in [-0.3, -0.25) is 9.59 Å². The number of hydrogen-bond acceptors (Lipinski definition) is 2. The van der Waals surface area contributed by atoms with Gasteiger partial charge in [0.15, 0.2) is 0 Å². The van der Waals surface area contributed by atoms with Crippen LogP contribution in [0.25, 0.3) is 0 Å². The van der Waals surface area contributed by atoms with Crippen LogP contribution in [0.3, 0.4) is 0 Å². The molecular weight excluding hydrogens is 224 g/mol. The Hall–Kier alpha value is -0.380. The van der Waals surface area contributed by atoms with E-state index >= 15 is 0 Å². The van der Waals surface area contributed by atoms with Crippen molar-refractivity contribution in [1.29, 1.82) is 0 Å². The van der Waals surface area contributed by atoms with E-state index in [1.54, 1.807) is 0 Å². The highest BCUT2D eigenvalue weighted by Crippen LogP contribution is 2.50. The molecule has 0 radical (unpaired) electrons. The Morgan fingerprint density at radius 3 is 2.58 bits per heavy atom. The third-order valence-electron chi connectivity index (χ3n) is 2.97. The minimum atomic E-state index is -0.808. The smallest absolute Gasteiger partial charge is 0.307 e. The molecule has 2 bridgehead atoms. The summed E-state index contributed by atoms with van der Waals surface area (Å²) in [7, 11) is 0. The predicted molar refractivity (Wildman–Crippen MR) is 45.1 cm³/mol. The van der Waals surface area contributed by atoms with Crippen LogP contribution in [-0.4, -0.2) is 21.7 Å². The summed E-state index contributed by atoms with van der Waals surface area (Å²) in [5.74, 6) is -1.25. The highest BCUT2D eigenvalue weighted by atomic mass is 79.9. The lowest BCUT2D eigenvalue weighted by Gasteiger charge is -2.13. The first-order valence-electron chi connectivity index (χ1n) is 4.01. The molecule has 3 nitrogen and oxygen atoms in total. The van der Waals surface area contributed by atoms with Crippen molar-refractivity contribution in [2.45, 2.75) is 17.7 Å². The Balaban J connectivity index is 2.28. The van der Waals surface area contributed by atoms with Crippen LogP contribution in [-0.2, 0) is 9.59 Å². The summed E-state index contributed by atoms with van der Waals surface area (Å²) in [6.45, 7) is 0. The zero-order valence-corrected chi connectivity index (χ0v) is 7.95. The molecule has 66 valence electrons. The van der Waals surface area contributed by atoms with E-state index in [1.807, 2.05) is 0 Å². The van der Waals surface area contributed by atoms with Crippen LogP contribution in [0.15, 0.2) is 0 Å². The highest BCUT2D eigenvalue weighted by Gasteiger charge is 2.55. The van der Waals surface area contributed by atoms with Crippen LogP contribution in [0.4, 0.5) is 0 Å². The molecule has 12 heavy (non-hydrogen) atoms. The predicted octanol–water partition coefficient (Wildman–Crippen LogP) is 1.06. The molecule has 0 amide bonds. The van der Waals surface area contributed by atoms with Gasteiger partial charge in [-0.15, -0.1) is 0 Å². The van der Waals surface area contributed by atoms with Gasteiger partial charge in [-0.05, 0) is 12.3 Å². The number of aliphatic carboxylic acids is 1. The van der Waals surface area contributed by atoms with E-state index in [-0.39, 0.29) is 22.4 Å². The van der Waals surface area contributed by atoms with Crippen molar-refractivity contribution in [3.05, 3.63) is 0 Å². The first-order chi connectivity index (χ1) is 5.61. The number of hydrogen-bond donors (Lipinski definition) is 1. The van der Waals surface area contributed by atoms with E-state index in [9.17, 15) is 9.59 Å². The van der Waals surface area contributed by atoms with E-state index in [4.69, 9.17) is 5.11 Å². The van der Waals surface area contributed by atoms with E-state index in [0.717, 1.165) is 0 Å². The van der Waals surface area contributed by atoms with Crippen LogP contribution in [0, 0.1) is 17.8 Å². The SMILES string of the molecule is O=C(O)[C@H]1[C@H]2CC(=O)[C@@H]1C[C@H]2Br. The third-order valence-corrected chi connectivity index (χ3v) is 4.03. The lowest BCUT2D eigenvalue weighted by atomic mass is 9.98. The van der Waals surface area contributed by atoms with Gasteiger partial charge in [0.2, 0.25) is 0 Å². The number of halogens is 1. The lowest BCUT2D eigenvalue weighted by Crippen LogP contribution is -2.20. The van der Waals surface area contributed by atoms with Gasteiger partial charge in [0.1, 0.15) is 5.78 Å². The molecule has 0 saturated heterocycles. The summed E-state index contributed by atoms with van der Waals surface area (Å²) >= 11 is 3.42. The van der Waals surface area contributed by atoms with Crippen LogP contribution in [0.5, 0.6) is 0 Å². The Kier molecular flexibility index (Phi) is 1.75. The fraction of sp³-hybridized carbons (Fsp3) is 0.750. The Morgan fingerprint density at radius 1 is 1.58 bits per heavy atom. The van der Waals surface area contributed by atoms with E-state index in [1.165, 1.54) is 0 Å². The maximum atomic E-state index is 11.2. The van der Waals surface area contributed by atoms with Crippen molar-refractivity contribution in [3.63, 3.8) is 0 Å². The van der Waals surface area contributed by atoms with Crippen LogP contribution < -0.4 is 0 Å². The minimum Gasteiger partial charge on any atom is -0.481 e. The molecular formula is C8H9BrO3. The second kappa shape index (κ2) is 2.55. The molecule has 0 aliphatic heterocycles. The van der Waals surface area contributed by atoms with Gasteiger partial charge in [0.05, 0.1) is 5.92 Å². The Morgan fingerprint density at radius 2 is 2.25 bits per heavy atom. The minimum absolute atomic E-state index is 0.0417. The van der Waals surface area contributed by atoms with Crippen molar-refractivity contribution in [2.75, 3.05) is 0 Å². The van der Waals surface area contributed by atoms with Gasteiger partial charge in [-0.25, -0.2) is 0 Å².